The van der Waals surface area contributed by atoms with E-state index in [2.05, 4.69) is 0 Å². The Hall–Kier alpha value is -1.32. The molecular formula is C14H21NO3. The molecule has 0 aromatic carbocycles. The van der Waals surface area contributed by atoms with Gasteiger partial charge in [-0.1, -0.05) is 11.1 Å². The Morgan fingerprint density at radius 1 is 1.06 bits per heavy atom. The number of hydrogen-bond donors (Lipinski definition) is 1. The van der Waals surface area contributed by atoms with E-state index in [0.717, 1.165) is 31.5 Å². The van der Waals surface area contributed by atoms with Crippen LogP contribution in [0.3, 0.4) is 0 Å². The quantitative estimate of drug-likeness (QED) is 0.764. The van der Waals surface area contributed by atoms with Crippen LogP contribution in [0.2, 0.25) is 0 Å². The lowest BCUT2D eigenvalue weighted by Gasteiger charge is -2.32. The zero-order valence-electron chi connectivity index (χ0n) is 11.1. The summed E-state index contributed by atoms with van der Waals surface area (Å²) in [6.07, 6.45) is 3.22. The number of carboxylic acid groups (broad SMARTS) is 1. The largest absolute Gasteiger partial charge is 0.481 e. The maximum Gasteiger partial charge on any atom is 0.307 e. The Morgan fingerprint density at radius 3 is 2.06 bits per heavy atom. The monoisotopic (exact) mass is 251 g/mol. The standard InChI is InChI=1S/C14H21NO3/c1-9-7-11(12(14(17)18)8-10(9)2)13(16)15-5-3-4-6-15/h11-12H,3-8H2,1-2H3,(H,17,18). The molecule has 1 fully saturated rings. The van der Waals surface area contributed by atoms with Crippen LogP contribution < -0.4 is 0 Å². The fourth-order valence-electron chi connectivity index (χ4n) is 2.98. The van der Waals surface area contributed by atoms with Crippen molar-refractivity contribution < 1.29 is 14.7 Å². The first-order valence-electron chi connectivity index (χ1n) is 6.67. The SMILES string of the molecule is CC1=C(C)CC(C(=O)N2CCCC2)C(C(=O)O)C1. The summed E-state index contributed by atoms with van der Waals surface area (Å²) in [5.74, 6) is -1.68. The van der Waals surface area contributed by atoms with E-state index in [4.69, 9.17) is 0 Å². The Morgan fingerprint density at radius 2 is 1.56 bits per heavy atom. The minimum atomic E-state index is -0.834. The van der Waals surface area contributed by atoms with Crippen LogP contribution in [0.4, 0.5) is 0 Å². The number of amides is 1. The van der Waals surface area contributed by atoms with Gasteiger partial charge in [0.15, 0.2) is 0 Å². The summed E-state index contributed by atoms with van der Waals surface area (Å²) in [6, 6.07) is 0. The Kier molecular flexibility index (Phi) is 3.73. The number of carbonyl (C=O) groups excluding carboxylic acids is 1. The maximum absolute atomic E-state index is 12.4. The molecule has 4 nitrogen and oxygen atoms in total. The molecule has 18 heavy (non-hydrogen) atoms. The molecule has 1 aliphatic carbocycles. The van der Waals surface area contributed by atoms with Gasteiger partial charge in [0.1, 0.15) is 0 Å². The Labute approximate surface area is 108 Å². The number of allylic oxidation sites excluding steroid dienone is 2. The van der Waals surface area contributed by atoms with Crippen molar-refractivity contribution >= 4 is 11.9 Å². The van der Waals surface area contributed by atoms with E-state index in [0.29, 0.717) is 12.8 Å². The van der Waals surface area contributed by atoms with Gasteiger partial charge in [0.2, 0.25) is 5.91 Å². The second-order valence-corrected chi connectivity index (χ2v) is 5.55. The first kappa shape index (κ1) is 13.1. The lowest BCUT2D eigenvalue weighted by molar-refractivity contribution is -0.150. The van der Waals surface area contributed by atoms with Gasteiger partial charge in [0.25, 0.3) is 0 Å². The van der Waals surface area contributed by atoms with Crippen LogP contribution >= 0.6 is 0 Å². The topological polar surface area (TPSA) is 57.6 Å². The predicted octanol–water partition coefficient (Wildman–Crippen LogP) is 2.06. The van der Waals surface area contributed by atoms with Gasteiger partial charge >= 0.3 is 5.97 Å². The molecule has 0 aromatic rings. The highest BCUT2D eigenvalue weighted by atomic mass is 16.4. The molecular weight excluding hydrogens is 230 g/mol. The van der Waals surface area contributed by atoms with E-state index in [1.54, 1.807) is 0 Å². The Bertz CT molecular complexity index is 394. The van der Waals surface area contributed by atoms with E-state index in [1.807, 2.05) is 18.7 Å². The summed E-state index contributed by atoms with van der Waals surface area (Å²) in [6.45, 7) is 5.58. The average Bonchev–Trinajstić information content (AvgIpc) is 2.84. The van der Waals surface area contributed by atoms with Gasteiger partial charge < -0.3 is 10.0 Å². The number of hydrogen-bond acceptors (Lipinski definition) is 2. The zero-order chi connectivity index (χ0) is 13.3. The number of carbonyl (C=O) groups is 2. The van der Waals surface area contributed by atoms with Crippen molar-refractivity contribution in [2.75, 3.05) is 13.1 Å². The van der Waals surface area contributed by atoms with E-state index in [-0.39, 0.29) is 11.8 Å². The van der Waals surface area contributed by atoms with Crippen molar-refractivity contribution in [3.8, 4) is 0 Å². The molecule has 4 heteroatoms. The van der Waals surface area contributed by atoms with Crippen LogP contribution in [0.5, 0.6) is 0 Å². The molecule has 0 aromatic heterocycles. The van der Waals surface area contributed by atoms with Crippen LogP contribution in [-0.2, 0) is 9.59 Å². The molecule has 2 aliphatic rings. The third-order valence-electron chi connectivity index (χ3n) is 4.32. The minimum Gasteiger partial charge on any atom is -0.481 e. The zero-order valence-corrected chi connectivity index (χ0v) is 11.1. The summed E-state index contributed by atoms with van der Waals surface area (Å²) < 4.78 is 0. The fourth-order valence-corrected chi connectivity index (χ4v) is 2.98. The van der Waals surface area contributed by atoms with E-state index < -0.39 is 11.9 Å². The van der Waals surface area contributed by atoms with Crippen molar-refractivity contribution in [3.63, 3.8) is 0 Å². The number of aliphatic carboxylic acids is 1. The van der Waals surface area contributed by atoms with Gasteiger partial charge in [-0.25, -0.2) is 0 Å². The molecule has 1 aliphatic heterocycles. The second kappa shape index (κ2) is 5.12. The molecule has 2 atom stereocenters. The summed E-state index contributed by atoms with van der Waals surface area (Å²) in [5, 5.41) is 9.31. The number of likely N-dealkylation sites (tertiary alicyclic amines) is 1. The molecule has 1 saturated heterocycles. The van der Waals surface area contributed by atoms with E-state index >= 15 is 0 Å². The first-order chi connectivity index (χ1) is 8.50. The molecule has 1 heterocycles. The average molecular weight is 251 g/mol. The molecule has 100 valence electrons. The van der Waals surface area contributed by atoms with Crippen molar-refractivity contribution in [1.82, 2.24) is 4.90 Å². The molecule has 0 saturated carbocycles. The van der Waals surface area contributed by atoms with Crippen molar-refractivity contribution in [3.05, 3.63) is 11.1 Å². The Balaban J connectivity index is 2.18. The number of nitrogens with zero attached hydrogens (tertiary/aromatic N) is 1. The first-order valence-corrected chi connectivity index (χ1v) is 6.67. The van der Waals surface area contributed by atoms with Crippen molar-refractivity contribution in [2.24, 2.45) is 11.8 Å². The summed E-state index contributed by atoms with van der Waals surface area (Å²) >= 11 is 0. The third-order valence-corrected chi connectivity index (χ3v) is 4.32. The van der Waals surface area contributed by atoms with Gasteiger partial charge in [-0.05, 0) is 39.5 Å². The summed E-state index contributed by atoms with van der Waals surface area (Å²) in [5.41, 5.74) is 2.32. The molecule has 0 bridgehead atoms. The highest BCUT2D eigenvalue weighted by Gasteiger charge is 2.39. The molecule has 2 rings (SSSR count). The van der Waals surface area contributed by atoms with Crippen LogP contribution in [0.1, 0.15) is 39.5 Å². The van der Waals surface area contributed by atoms with Gasteiger partial charge in [-0.3, -0.25) is 9.59 Å². The van der Waals surface area contributed by atoms with Crippen LogP contribution in [0, 0.1) is 11.8 Å². The fraction of sp³-hybridized carbons (Fsp3) is 0.714. The maximum atomic E-state index is 12.4. The summed E-state index contributed by atoms with van der Waals surface area (Å²) in [7, 11) is 0. The summed E-state index contributed by atoms with van der Waals surface area (Å²) in [4.78, 5) is 25.6. The van der Waals surface area contributed by atoms with Crippen LogP contribution in [0.15, 0.2) is 11.1 Å². The van der Waals surface area contributed by atoms with Crippen molar-refractivity contribution in [1.29, 1.82) is 0 Å². The van der Waals surface area contributed by atoms with Gasteiger partial charge in [-0.2, -0.15) is 0 Å². The van der Waals surface area contributed by atoms with Gasteiger partial charge in [-0.15, -0.1) is 0 Å². The lowest BCUT2D eigenvalue weighted by atomic mass is 9.76. The normalized spacial score (nSPS) is 28.7. The van der Waals surface area contributed by atoms with Crippen LogP contribution in [-0.4, -0.2) is 35.0 Å². The molecule has 0 radical (unpaired) electrons. The molecule has 1 amide bonds. The van der Waals surface area contributed by atoms with Crippen LogP contribution in [0.25, 0.3) is 0 Å². The molecule has 2 unspecified atom stereocenters. The molecule has 1 N–H and O–H groups in total. The van der Waals surface area contributed by atoms with E-state index in [1.165, 1.54) is 5.57 Å². The second-order valence-electron chi connectivity index (χ2n) is 5.55. The van der Waals surface area contributed by atoms with Gasteiger partial charge in [0.05, 0.1) is 11.8 Å². The highest BCUT2D eigenvalue weighted by molar-refractivity contribution is 5.85. The van der Waals surface area contributed by atoms with E-state index in [9.17, 15) is 14.7 Å². The number of carboxylic acids is 1. The van der Waals surface area contributed by atoms with Crippen molar-refractivity contribution in [2.45, 2.75) is 39.5 Å². The van der Waals surface area contributed by atoms with Gasteiger partial charge in [0, 0.05) is 13.1 Å². The highest BCUT2D eigenvalue weighted by Crippen LogP contribution is 2.35. The minimum absolute atomic E-state index is 0.0479. The molecule has 0 spiro atoms. The number of rotatable bonds is 2. The smallest absolute Gasteiger partial charge is 0.307 e. The third kappa shape index (κ3) is 2.42. The predicted molar refractivity (Wildman–Crippen MR) is 68.0 cm³/mol. The lowest BCUT2D eigenvalue weighted by Crippen LogP contribution is -2.41.